The topological polar surface area (TPSA) is 99.8 Å². The number of hydrogen-bond acceptors (Lipinski definition) is 5. The molecule has 0 radical (unpaired) electrons. The predicted molar refractivity (Wildman–Crippen MR) is 76.0 cm³/mol. The minimum atomic E-state index is -3.69. The van der Waals surface area contributed by atoms with Gasteiger partial charge < -0.3 is 14.6 Å². The molecule has 9 heteroatoms. The summed E-state index contributed by atoms with van der Waals surface area (Å²) >= 11 is 11.9. The Morgan fingerprint density at radius 3 is 2.20 bits per heavy atom. The Kier molecular flexibility index (Phi) is 3.77. The Morgan fingerprint density at radius 2 is 1.70 bits per heavy atom. The molecule has 0 bridgehead atoms. The van der Waals surface area contributed by atoms with Gasteiger partial charge in [-0.2, -0.15) is 0 Å². The fourth-order valence-electron chi connectivity index (χ4n) is 1.54. The van der Waals surface area contributed by atoms with Crippen molar-refractivity contribution in [1.82, 2.24) is 0 Å². The molecule has 1 heterocycles. The van der Waals surface area contributed by atoms with E-state index >= 15 is 0 Å². The van der Waals surface area contributed by atoms with E-state index in [0.717, 1.165) is 6.26 Å². The van der Waals surface area contributed by atoms with Gasteiger partial charge in [-0.25, -0.2) is 8.42 Å². The van der Waals surface area contributed by atoms with E-state index in [9.17, 15) is 18.6 Å². The molecule has 0 fully saturated rings. The average Bonchev–Trinajstić information content (AvgIpc) is 2.56. The van der Waals surface area contributed by atoms with Gasteiger partial charge in [-0.3, -0.25) is 4.72 Å². The molecule has 2 rings (SSSR count). The Morgan fingerprint density at radius 1 is 1.15 bits per heavy atom. The van der Waals surface area contributed by atoms with E-state index in [1.54, 1.807) is 6.07 Å². The highest BCUT2D eigenvalue weighted by Crippen LogP contribution is 2.49. The highest BCUT2D eigenvalue weighted by molar-refractivity contribution is 7.92. The van der Waals surface area contributed by atoms with Crippen LogP contribution >= 0.6 is 23.2 Å². The lowest BCUT2D eigenvalue weighted by molar-refractivity contribution is 0.410. The smallest absolute Gasteiger partial charge is 0.253 e. The first kappa shape index (κ1) is 14.8. The van der Waals surface area contributed by atoms with E-state index < -0.39 is 27.4 Å². The van der Waals surface area contributed by atoms with Crippen LogP contribution in [0.4, 0.5) is 5.88 Å². The fourth-order valence-corrected chi connectivity index (χ4v) is 2.58. The molecule has 3 N–H and O–H groups in total. The second-order valence-corrected chi connectivity index (χ2v) is 6.49. The molecular weight excluding hydrogens is 329 g/mol. The second-order valence-electron chi connectivity index (χ2n) is 3.93. The number of anilines is 1. The van der Waals surface area contributed by atoms with Crippen molar-refractivity contribution in [3.05, 3.63) is 28.2 Å². The summed E-state index contributed by atoms with van der Waals surface area (Å²) in [6.07, 6.45) is 0.869. The maximum Gasteiger partial charge on any atom is 0.253 e. The Labute approximate surface area is 124 Å². The quantitative estimate of drug-likeness (QED) is 0.799. The second kappa shape index (κ2) is 5.08. The molecule has 0 aliphatic heterocycles. The zero-order valence-electron chi connectivity index (χ0n) is 10.0. The van der Waals surface area contributed by atoms with Crippen molar-refractivity contribution in [2.45, 2.75) is 0 Å². The van der Waals surface area contributed by atoms with Crippen LogP contribution in [0.2, 0.25) is 10.0 Å². The van der Waals surface area contributed by atoms with Crippen LogP contribution in [0.3, 0.4) is 0 Å². The van der Waals surface area contributed by atoms with Crippen LogP contribution in [0, 0.1) is 0 Å². The van der Waals surface area contributed by atoms with Gasteiger partial charge in [-0.15, -0.1) is 0 Å². The molecule has 1 aromatic heterocycles. The van der Waals surface area contributed by atoms with Gasteiger partial charge in [0, 0.05) is 0 Å². The summed E-state index contributed by atoms with van der Waals surface area (Å²) in [5, 5.41) is 19.8. The fraction of sp³-hybridized carbons (Fsp3) is 0.0909. The van der Waals surface area contributed by atoms with Gasteiger partial charge in [0.15, 0.2) is 5.76 Å². The average molecular weight is 338 g/mol. The van der Waals surface area contributed by atoms with Crippen molar-refractivity contribution in [3.8, 4) is 22.8 Å². The molecule has 20 heavy (non-hydrogen) atoms. The third kappa shape index (κ3) is 2.79. The standard InChI is InChI=1S/C11H9Cl2NO5S/c1-20(17,18)14-11-9(16)8(15)10(19-11)7-5(12)3-2-4-6(7)13/h2-4,14-16H,1H3. The lowest BCUT2D eigenvalue weighted by Crippen LogP contribution is -2.08. The molecule has 6 nitrogen and oxygen atoms in total. The minimum absolute atomic E-state index is 0.144. The molecule has 108 valence electrons. The maximum absolute atomic E-state index is 11.1. The number of furan rings is 1. The van der Waals surface area contributed by atoms with Crippen LogP contribution in [0.15, 0.2) is 22.6 Å². The number of nitrogens with one attached hydrogen (secondary N) is 1. The van der Waals surface area contributed by atoms with Crippen LogP contribution < -0.4 is 4.72 Å². The maximum atomic E-state index is 11.1. The number of sulfonamides is 1. The first-order valence-electron chi connectivity index (χ1n) is 5.17. The Hall–Kier alpha value is -1.57. The summed E-state index contributed by atoms with van der Waals surface area (Å²) in [4.78, 5) is 0. The van der Waals surface area contributed by atoms with Crippen molar-refractivity contribution in [1.29, 1.82) is 0 Å². The summed E-state index contributed by atoms with van der Waals surface area (Å²) in [5.74, 6) is -2.16. The molecule has 2 aromatic rings. The van der Waals surface area contributed by atoms with Gasteiger partial charge in [0.1, 0.15) is 0 Å². The molecule has 0 saturated heterocycles. The first-order chi connectivity index (χ1) is 9.20. The summed E-state index contributed by atoms with van der Waals surface area (Å²) in [7, 11) is -3.69. The van der Waals surface area contributed by atoms with Crippen LogP contribution in [-0.2, 0) is 10.0 Å². The molecule has 0 aliphatic carbocycles. The van der Waals surface area contributed by atoms with Gasteiger partial charge in [-0.1, -0.05) is 29.3 Å². The molecule has 0 aliphatic rings. The van der Waals surface area contributed by atoms with Crippen LogP contribution in [0.1, 0.15) is 0 Å². The third-order valence-electron chi connectivity index (χ3n) is 2.33. The van der Waals surface area contributed by atoms with E-state index in [0.29, 0.717) is 0 Å². The largest absolute Gasteiger partial charge is 0.502 e. The monoisotopic (exact) mass is 337 g/mol. The molecule has 0 spiro atoms. The van der Waals surface area contributed by atoms with Crippen LogP contribution in [0.5, 0.6) is 11.5 Å². The van der Waals surface area contributed by atoms with Crippen molar-refractivity contribution >= 4 is 39.1 Å². The van der Waals surface area contributed by atoms with Crippen molar-refractivity contribution in [3.63, 3.8) is 0 Å². The summed E-state index contributed by atoms with van der Waals surface area (Å²) in [5.41, 5.74) is 0.144. The normalized spacial score (nSPS) is 11.6. The number of halogens is 2. The summed E-state index contributed by atoms with van der Waals surface area (Å²) in [6.45, 7) is 0. The van der Waals surface area contributed by atoms with E-state index in [1.165, 1.54) is 12.1 Å². The molecular formula is C11H9Cl2NO5S. The molecule has 0 atom stereocenters. The zero-order valence-corrected chi connectivity index (χ0v) is 12.3. The highest BCUT2D eigenvalue weighted by Gasteiger charge is 2.25. The number of hydrogen-bond donors (Lipinski definition) is 3. The zero-order chi connectivity index (χ0) is 15.1. The van der Waals surface area contributed by atoms with Crippen molar-refractivity contribution in [2.75, 3.05) is 11.0 Å². The highest BCUT2D eigenvalue weighted by atomic mass is 35.5. The van der Waals surface area contributed by atoms with E-state index in [-0.39, 0.29) is 21.4 Å². The van der Waals surface area contributed by atoms with Crippen molar-refractivity contribution < 1.29 is 23.0 Å². The number of rotatable bonds is 3. The van der Waals surface area contributed by atoms with Crippen molar-refractivity contribution in [2.24, 2.45) is 0 Å². The van der Waals surface area contributed by atoms with Gasteiger partial charge in [0.2, 0.25) is 21.5 Å². The lowest BCUT2D eigenvalue weighted by atomic mass is 10.1. The van der Waals surface area contributed by atoms with Gasteiger partial charge in [-0.05, 0) is 12.1 Å². The molecule has 0 amide bonds. The van der Waals surface area contributed by atoms with E-state index in [1.807, 2.05) is 4.72 Å². The Bertz CT molecular complexity index is 749. The Balaban J connectivity index is 2.63. The van der Waals surface area contributed by atoms with Gasteiger partial charge in [0.05, 0.1) is 21.9 Å². The summed E-state index contributed by atoms with van der Waals surface area (Å²) < 4.78 is 29.3. The number of benzene rings is 1. The van der Waals surface area contributed by atoms with Gasteiger partial charge >= 0.3 is 0 Å². The van der Waals surface area contributed by atoms with E-state index in [2.05, 4.69) is 0 Å². The first-order valence-corrected chi connectivity index (χ1v) is 7.82. The molecule has 1 aromatic carbocycles. The van der Waals surface area contributed by atoms with E-state index in [4.69, 9.17) is 27.6 Å². The third-order valence-corrected chi connectivity index (χ3v) is 3.51. The minimum Gasteiger partial charge on any atom is -0.502 e. The molecule has 0 saturated carbocycles. The van der Waals surface area contributed by atoms with Crippen LogP contribution in [-0.4, -0.2) is 24.9 Å². The summed E-state index contributed by atoms with van der Waals surface area (Å²) in [6, 6.07) is 4.60. The molecule has 0 unspecified atom stereocenters. The SMILES string of the molecule is CS(=O)(=O)Nc1oc(-c2c(Cl)cccc2Cl)c(O)c1O. The van der Waals surface area contributed by atoms with Gasteiger partial charge in [0.25, 0.3) is 5.88 Å². The predicted octanol–water partition coefficient (Wildman–Crippen LogP) is 3.04. The van der Waals surface area contributed by atoms with Crippen LogP contribution in [0.25, 0.3) is 11.3 Å². The lowest BCUT2D eigenvalue weighted by Gasteiger charge is -2.03. The number of aromatic hydroxyl groups is 2.